The summed E-state index contributed by atoms with van der Waals surface area (Å²) in [6.45, 7) is 7.62. The second kappa shape index (κ2) is 6.83. The number of hydrogen-bond donors (Lipinski definition) is 2. The zero-order valence-electron chi connectivity index (χ0n) is 13.6. The molecule has 0 fully saturated rings. The fourth-order valence-corrected chi connectivity index (χ4v) is 3.30. The molecule has 0 bridgehead atoms. The molecule has 1 amide bonds. The lowest BCUT2D eigenvalue weighted by molar-refractivity contribution is 0.0527. The molecule has 2 aromatic rings. The summed E-state index contributed by atoms with van der Waals surface area (Å²) in [6.07, 6.45) is 0. The Balaban J connectivity index is 2.30. The van der Waals surface area contributed by atoms with E-state index in [0.29, 0.717) is 15.4 Å². The molecule has 122 valence electrons. The molecule has 3 N–H and O–H groups in total. The van der Waals surface area contributed by atoms with Gasteiger partial charge in [0.2, 0.25) is 0 Å². The van der Waals surface area contributed by atoms with E-state index >= 15 is 0 Å². The third-order valence-corrected chi connectivity index (χ3v) is 4.61. The number of esters is 1. The van der Waals surface area contributed by atoms with Crippen molar-refractivity contribution >= 4 is 33.9 Å². The summed E-state index contributed by atoms with van der Waals surface area (Å²) in [5.74, 6) is -0.772. The molecule has 0 unspecified atom stereocenters. The molecule has 0 saturated heterocycles. The molecule has 0 spiro atoms. The van der Waals surface area contributed by atoms with Gasteiger partial charge in [-0.15, -0.1) is 11.3 Å². The van der Waals surface area contributed by atoms with Gasteiger partial charge in [0.15, 0.2) is 0 Å². The summed E-state index contributed by atoms with van der Waals surface area (Å²) in [5, 5.41) is 3.17. The summed E-state index contributed by atoms with van der Waals surface area (Å²) in [4.78, 5) is 24.9. The number of ether oxygens (including phenoxy) is 1. The molecule has 1 heterocycles. The highest BCUT2D eigenvalue weighted by Gasteiger charge is 2.24. The molecule has 1 aromatic heterocycles. The Bertz CT molecular complexity index is 765. The van der Waals surface area contributed by atoms with Crippen LogP contribution in [0.15, 0.2) is 18.2 Å². The Morgan fingerprint density at radius 3 is 2.57 bits per heavy atom. The Hall–Kier alpha value is -2.34. The maximum Gasteiger partial charge on any atom is 0.341 e. The molecule has 6 heteroatoms. The van der Waals surface area contributed by atoms with Crippen LogP contribution in [0, 0.1) is 20.8 Å². The normalized spacial score (nSPS) is 10.4. The lowest BCUT2D eigenvalue weighted by Gasteiger charge is -2.09. The molecule has 2 rings (SSSR count). The summed E-state index contributed by atoms with van der Waals surface area (Å²) < 4.78 is 4.99. The van der Waals surface area contributed by atoms with Crippen LogP contribution in [0.2, 0.25) is 0 Å². The minimum absolute atomic E-state index is 0.262. The van der Waals surface area contributed by atoms with Crippen molar-refractivity contribution in [2.24, 2.45) is 0 Å². The summed E-state index contributed by atoms with van der Waals surface area (Å²) in [5.41, 5.74) is 9.57. The molecule has 23 heavy (non-hydrogen) atoms. The summed E-state index contributed by atoms with van der Waals surface area (Å²) in [7, 11) is 0. The van der Waals surface area contributed by atoms with Crippen molar-refractivity contribution in [3.63, 3.8) is 0 Å². The Kier molecular flexibility index (Phi) is 5.05. The van der Waals surface area contributed by atoms with Crippen LogP contribution in [0.25, 0.3) is 0 Å². The van der Waals surface area contributed by atoms with E-state index < -0.39 is 5.97 Å². The quantitative estimate of drug-likeness (QED) is 0.837. The van der Waals surface area contributed by atoms with Crippen molar-refractivity contribution in [1.82, 2.24) is 0 Å². The summed E-state index contributed by atoms with van der Waals surface area (Å²) in [6, 6.07) is 5.79. The smallest absolute Gasteiger partial charge is 0.341 e. The molecule has 0 radical (unpaired) electrons. The van der Waals surface area contributed by atoms with E-state index in [9.17, 15) is 9.59 Å². The van der Waals surface area contributed by atoms with Crippen molar-refractivity contribution in [3.05, 3.63) is 45.3 Å². The first-order chi connectivity index (χ1) is 10.8. The number of nitrogens with one attached hydrogen (secondary N) is 1. The predicted molar refractivity (Wildman–Crippen MR) is 93.3 cm³/mol. The van der Waals surface area contributed by atoms with E-state index in [2.05, 4.69) is 5.32 Å². The second-order valence-corrected chi connectivity index (χ2v) is 6.34. The number of carbonyl (C=O) groups is 2. The topological polar surface area (TPSA) is 81.4 Å². The number of amides is 1. The number of benzene rings is 1. The SMILES string of the molecule is CCOC(=O)c1c(N)sc(C(=O)Nc2ccc(C)cc2C)c1C. The first-order valence-electron chi connectivity index (χ1n) is 7.29. The van der Waals surface area contributed by atoms with Crippen molar-refractivity contribution in [3.8, 4) is 0 Å². The standard InChI is InChI=1S/C17H20N2O3S/c1-5-22-17(21)13-11(4)14(23-15(13)18)16(20)19-12-7-6-9(2)8-10(12)3/h6-8H,5,18H2,1-4H3,(H,19,20). The van der Waals surface area contributed by atoms with Crippen LogP contribution in [0.5, 0.6) is 0 Å². The second-order valence-electron chi connectivity index (χ2n) is 5.29. The average molecular weight is 332 g/mol. The maximum atomic E-state index is 12.5. The van der Waals surface area contributed by atoms with Gasteiger partial charge < -0.3 is 15.8 Å². The monoisotopic (exact) mass is 332 g/mol. The molecule has 0 aliphatic rings. The molecule has 0 aliphatic carbocycles. The van der Waals surface area contributed by atoms with Crippen molar-refractivity contribution in [2.45, 2.75) is 27.7 Å². The van der Waals surface area contributed by atoms with Gasteiger partial charge in [-0.05, 0) is 44.9 Å². The molecular formula is C17H20N2O3S. The van der Waals surface area contributed by atoms with Crippen LogP contribution in [0.4, 0.5) is 10.7 Å². The maximum absolute atomic E-state index is 12.5. The van der Waals surface area contributed by atoms with Gasteiger partial charge in [0.1, 0.15) is 5.00 Å². The number of carbonyl (C=O) groups excluding carboxylic acids is 2. The molecule has 0 aliphatic heterocycles. The Morgan fingerprint density at radius 2 is 1.96 bits per heavy atom. The third kappa shape index (κ3) is 3.53. The van der Waals surface area contributed by atoms with E-state index in [1.807, 2.05) is 32.0 Å². The van der Waals surface area contributed by atoms with Crippen LogP contribution in [0.1, 0.15) is 43.6 Å². The van der Waals surface area contributed by atoms with Gasteiger partial charge in [0.25, 0.3) is 5.91 Å². The van der Waals surface area contributed by atoms with E-state index in [1.54, 1.807) is 13.8 Å². The van der Waals surface area contributed by atoms with Crippen molar-refractivity contribution in [2.75, 3.05) is 17.7 Å². The molecule has 0 atom stereocenters. The van der Waals surface area contributed by atoms with Crippen molar-refractivity contribution in [1.29, 1.82) is 0 Å². The molecular weight excluding hydrogens is 312 g/mol. The first-order valence-corrected chi connectivity index (χ1v) is 8.11. The van der Waals surface area contributed by atoms with Crippen LogP contribution in [-0.2, 0) is 4.74 Å². The Morgan fingerprint density at radius 1 is 1.26 bits per heavy atom. The van der Waals surface area contributed by atoms with Gasteiger partial charge in [-0.1, -0.05) is 17.7 Å². The largest absolute Gasteiger partial charge is 0.462 e. The van der Waals surface area contributed by atoms with Crippen LogP contribution >= 0.6 is 11.3 Å². The molecule has 0 saturated carbocycles. The third-order valence-electron chi connectivity index (χ3n) is 3.49. The highest BCUT2D eigenvalue weighted by molar-refractivity contribution is 7.18. The van der Waals surface area contributed by atoms with Gasteiger partial charge in [0, 0.05) is 5.69 Å². The Labute approximate surface area is 139 Å². The van der Waals surface area contributed by atoms with E-state index in [1.165, 1.54) is 0 Å². The predicted octanol–water partition coefficient (Wildman–Crippen LogP) is 3.68. The zero-order chi connectivity index (χ0) is 17.1. The molecule has 5 nitrogen and oxygen atoms in total. The van der Waals surface area contributed by atoms with E-state index in [-0.39, 0.29) is 18.1 Å². The fourth-order valence-electron chi connectivity index (χ4n) is 2.34. The number of nitrogens with two attached hydrogens (primary N) is 1. The van der Waals surface area contributed by atoms with Crippen LogP contribution in [0.3, 0.4) is 0 Å². The lowest BCUT2D eigenvalue weighted by atomic mass is 10.1. The molecule has 1 aromatic carbocycles. The number of hydrogen-bond acceptors (Lipinski definition) is 5. The lowest BCUT2D eigenvalue weighted by Crippen LogP contribution is -2.13. The highest BCUT2D eigenvalue weighted by atomic mass is 32.1. The number of thiophene rings is 1. The number of aryl methyl sites for hydroxylation is 2. The number of anilines is 2. The number of nitrogen functional groups attached to an aromatic ring is 1. The van der Waals surface area contributed by atoms with Crippen molar-refractivity contribution < 1.29 is 14.3 Å². The van der Waals surface area contributed by atoms with E-state index in [4.69, 9.17) is 10.5 Å². The highest BCUT2D eigenvalue weighted by Crippen LogP contribution is 2.32. The van der Waals surface area contributed by atoms with Crippen LogP contribution in [-0.4, -0.2) is 18.5 Å². The number of rotatable bonds is 4. The van der Waals surface area contributed by atoms with Gasteiger partial charge in [0.05, 0.1) is 17.0 Å². The average Bonchev–Trinajstić information content (AvgIpc) is 2.77. The summed E-state index contributed by atoms with van der Waals surface area (Å²) >= 11 is 1.10. The van der Waals surface area contributed by atoms with Gasteiger partial charge >= 0.3 is 5.97 Å². The minimum Gasteiger partial charge on any atom is -0.462 e. The van der Waals surface area contributed by atoms with Gasteiger partial charge in [-0.25, -0.2) is 4.79 Å². The zero-order valence-corrected chi connectivity index (χ0v) is 14.5. The van der Waals surface area contributed by atoms with Gasteiger partial charge in [-0.3, -0.25) is 4.79 Å². The van der Waals surface area contributed by atoms with Crippen LogP contribution < -0.4 is 11.1 Å². The van der Waals surface area contributed by atoms with Gasteiger partial charge in [-0.2, -0.15) is 0 Å². The van der Waals surface area contributed by atoms with E-state index in [0.717, 1.165) is 28.2 Å². The minimum atomic E-state index is -0.496. The fraction of sp³-hybridized carbons (Fsp3) is 0.294. The first kappa shape index (κ1) is 17.0.